The lowest BCUT2D eigenvalue weighted by Gasteiger charge is -2.35. The van der Waals surface area contributed by atoms with E-state index in [9.17, 15) is 18.1 Å². The number of nitriles is 1. The average molecular weight is 382 g/mol. The Kier molecular flexibility index (Phi) is 3.97. The number of sulfone groups is 1. The number of nitrogens with two attached hydrogens (primary N) is 1. The lowest BCUT2D eigenvalue weighted by atomic mass is 9.87. The second-order valence-electron chi connectivity index (χ2n) is 6.32. The van der Waals surface area contributed by atoms with Crippen molar-refractivity contribution in [1.82, 2.24) is 4.98 Å². The van der Waals surface area contributed by atoms with Gasteiger partial charge in [-0.15, -0.1) is 0 Å². The number of allylic oxidation sites excluding steroid dienone is 3. The zero-order valence-corrected chi connectivity index (χ0v) is 14.9. The molecule has 1 atom stereocenters. The third-order valence-electron chi connectivity index (χ3n) is 4.81. The second-order valence-corrected chi connectivity index (χ2v) is 8.39. The first-order valence-electron chi connectivity index (χ1n) is 8.25. The number of pyridine rings is 1. The van der Waals surface area contributed by atoms with Gasteiger partial charge in [0, 0.05) is 30.2 Å². The lowest BCUT2D eigenvalue weighted by molar-refractivity contribution is 0.602. The molecular formula is C19H15FN4O2S. The van der Waals surface area contributed by atoms with Crippen LogP contribution in [-0.4, -0.2) is 19.2 Å². The van der Waals surface area contributed by atoms with E-state index in [-0.39, 0.29) is 28.5 Å². The van der Waals surface area contributed by atoms with Crippen LogP contribution in [0.15, 0.2) is 70.8 Å². The van der Waals surface area contributed by atoms with Gasteiger partial charge in [0.15, 0.2) is 9.84 Å². The van der Waals surface area contributed by atoms with E-state index >= 15 is 0 Å². The normalized spacial score (nSPS) is 21.2. The molecule has 0 aliphatic carbocycles. The summed E-state index contributed by atoms with van der Waals surface area (Å²) in [6.45, 7) is 0. The van der Waals surface area contributed by atoms with E-state index in [1.165, 1.54) is 24.3 Å². The molecule has 2 aliphatic heterocycles. The molecule has 136 valence electrons. The van der Waals surface area contributed by atoms with Crippen LogP contribution in [0.25, 0.3) is 0 Å². The number of hydrogen-bond donors (Lipinski definition) is 1. The van der Waals surface area contributed by atoms with Gasteiger partial charge in [0.25, 0.3) is 0 Å². The highest BCUT2D eigenvalue weighted by Gasteiger charge is 2.45. The van der Waals surface area contributed by atoms with Crippen molar-refractivity contribution in [2.45, 2.75) is 12.3 Å². The Morgan fingerprint density at radius 2 is 1.85 bits per heavy atom. The Balaban J connectivity index is 1.99. The molecule has 0 amide bonds. The minimum absolute atomic E-state index is 0.0526. The van der Waals surface area contributed by atoms with E-state index < -0.39 is 21.6 Å². The van der Waals surface area contributed by atoms with Crippen molar-refractivity contribution in [3.05, 3.63) is 82.2 Å². The molecule has 1 aromatic heterocycles. The standard InChI is InChI=1S/C19H15FN4O2S/c20-13-1-3-14(4-2-13)24-16-7-10-27(25,26)18(16)17(15(11-21)19(24)22)12-5-8-23-9-6-12/h1-6,8-9,17H,7,10,22H2/t17-/m0/s1. The first-order chi connectivity index (χ1) is 12.9. The Morgan fingerprint density at radius 1 is 1.19 bits per heavy atom. The van der Waals surface area contributed by atoms with Crippen LogP contribution in [0.4, 0.5) is 10.1 Å². The molecule has 27 heavy (non-hydrogen) atoms. The molecular weight excluding hydrogens is 367 g/mol. The Morgan fingerprint density at radius 3 is 2.48 bits per heavy atom. The van der Waals surface area contributed by atoms with Crippen LogP contribution in [0, 0.1) is 17.1 Å². The molecule has 0 radical (unpaired) electrons. The highest BCUT2D eigenvalue weighted by atomic mass is 32.2. The maximum Gasteiger partial charge on any atom is 0.177 e. The smallest absolute Gasteiger partial charge is 0.177 e. The maximum atomic E-state index is 13.3. The van der Waals surface area contributed by atoms with Crippen molar-refractivity contribution in [3.8, 4) is 6.07 Å². The van der Waals surface area contributed by atoms with Gasteiger partial charge in [0.1, 0.15) is 11.6 Å². The number of nitrogens with zero attached hydrogens (tertiary/aromatic N) is 3. The number of anilines is 1. The lowest BCUT2D eigenvalue weighted by Crippen LogP contribution is -2.34. The molecule has 2 N–H and O–H groups in total. The van der Waals surface area contributed by atoms with E-state index in [4.69, 9.17) is 5.73 Å². The summed E-state index contributed by atoms with van der Waals surface area (Å²) in [5.74, 6) is -1.08. The molecule has 2 aromatic rings. The fraction of sp³-hybridized carbons (Fsp3) is 0.158. The van der Waals surface area contributed by atoms with E-state index in [0.717, 1.165) is 0 Å². The van der Waals surface area contributed by atoms with Crippen LogP contribution >= 0.6 is 0 Å². The molecule has 4 rings (SSSR count). The van der Waals surface area contributed by atoms with E-state index in [1.807, 2.05) is 0 Å². The quantitative estimate of drug-likeness (QED) is 0.857. The van der Waals surface area contributed by atoms with Gasteiger partial charge in [0.05, 0.1) is 28.2 Å². The largest absolute Gasteiger partial charge is 0.384 e. The van der Waals surface area contributed by atoms with E-state index in [1.54, 1.807) is 29.4 Å². The summed E-state index contributed by atoms with van der Waals surface area (Å²) in [4.78, 5) is 5.70. The molecule has 6 nitrogen and oxygen atoms in total. The van der Waals surface area contributed by atoms with Crippen LogP contribution in [0.3, 0.4) is 0 Å². The summed E-state index contributed by atoms with van der Waals surface area (Å²) in [6.07, 6.45) is 3.37. The molecule has 8 heteroatoms. The molecule has 2 aliphatic rings. The highest BCUT2D eigenvalue weighted by molar-refractivity contribution is 7.95. The van der Waals surface area contributed by atoms with E-state index in [0.29, 0.717) is 16.9 Å². The maximum absolute atomic E-state index is 13.3. The summed E-state index contributed by atoms with van der Waals surface area (Å²) in [7, 11) is -3.56. The summed E-state index contributed by atoms with van der Waals surface area (Å²) in [6, 6.07) is 11.0. The van der Waals surface area contributed by atoms with Crippen LogP contribution in [0.1, 0.15) is 17.9 Å². The second kappa shape index (κ2) is 6.21. The Bertz CT molecular complexity index is 1120. The third-order valence-corrected chi connectivity index (χ3v) is 6.69. The van der Waals surface area contributed by atoms with Crippen LogP contribution < -0.4 is 10.6 Å². The summed E-state index contributed by atoms with van der Waals surface area (Å²) >= 11 is 0. The predicted molar refractivity (Wildman–Crippen MR) is 98.1 cm³/mol. The number of rotatable bonds is 2. The zero-order chi connectivity index (χ0) is 19.2. The van der Waals surface area contributed by atoms with Crippen molar-refractivity contribution in [3.63, 3.8) is 0 Å². The summed E-state index contributed by atoms with van der Waals surface area (Å²) in [5.41, 5.74) is 8.15. The summed E-state index contributed by atoms with van der Waals surface area (Å²) in [5, 5.41) is 9.78. The molecule has 0 unspecified atom stereocenters. The topological polar surface area (TPSA) is 100 Å². The molecule has 0 fully saturated rings. The van der Waals surface area contributed by atoms with Gasteiger partial charge in [-0.05, 0) is 42.0 Å². The van der Waals surface area contributed by atoms with Gasteiger partial charge in [-0.2, -0.15) is 5.26 Å². The van der Waals surface area contributed by atoms with Gasteiger partial charge in [0.2, 0.25) is 0 Å². The van der Waals surface area contributed by atoms with Crippen molar-refractivity contribution < 1.29 is 12.8 Å². The zero-order valence-electron chi connectivity index (χ0n) is 14.1. The van der Waals surface area contributed by atoms with Gasteiger partial charge >= 0.3 is 0 Å². The minimum atomic E-state index is -3.56. The van der Waals surface area contributed by atoms with Crippen molar-refractivity contribution in [2.24, 2.45) is 5.73 Å². The first kappa shape index (κ1) is 17.2. The van der Waals surface area contributed by atoms with Gasteiger partial charge in [-0.3, -0.25) is 9.88 Å². The number of benzene rings is 1. The highest BCUT2D eigenvalue weighted by Crippen LogP contribution is 2.48. The molecule has 0 saturated carbocycles. The van der Waals surface area contributed by atoms with Crippen LogP contribution in [-0.2, 0) is 9.84 Å². The van der Waals surface area contributed by atoms with E-state index in [2.05, 4.69) is 11.1 Å². The first-order valence-corrected chi connectivity index (χ1v) is 9.90. The average Bonchev–Trinajstić information content (AvgIpc) is 2.97. The SMILES string of the molecule is N#CC1=C(N)N(c2ccc(F)cc2)C2=C([C@H]1c1ccncc1)S(=O)(=O)CC2. The van der Waals surface area contributed by atoms with Crippen molar-refractivity contribution in [2.75, 3.05) is 10.7 Å². The fourth-order valence-electron chi connectivity index (χ4n) is 3.64. The summed E-state index contributed by atoms with van der Waals surface area (Å²) < 4.78 is 39.0. The molecule has 0 bridgehead atoms. The monoisotopic (exact) mass is 382 g/mol. The Labute approximate surface area is 156 Å². The number of halogens is 1. The third kappa shape index (κ3) is 2.67. The molecule has 3 heterocycles. The van der Waals surface area contributed by atoms with Crippen LogP contribution in [0.5, 0.6) is 0 Å². The van der Waals surface area contributed by atoms with Crippen molar-refractivity contribution in [1.29, 1.82) is 5.26 Å². The number of aromatic nitrogens is 1. The predicted octanol–water partition coefficient (Wildman–Crippen LogP) is 2.55. The van der Waals surface area contributed by atoms with Crippen LogP contribution in [0.2, 0.25) is 0 Å². The molecule has 0 spiro atoms. The van der Waals surface area contributed by atoms with Gasteiger partial charge in [-0.1, -0.05) is 0 Å². The Hall–Kier alpha value is -3.18. The molecule has 0 saturated heterocycles. The van der Waals surface area contributed by atoms with Crippen molar-refractivity contribution >= 4 is 15.5 Å². The number of hydrogen-bond acceptors (Lipinski definition) is 6. The van der Waals surface area contributed by atoms with Gasteiger partial charge in [-0.25, -0.2) is 12.8 Å². The fourth-order valence-corrected chi connectivity index (χ4v) is 5.48. The van der Waals surface area contributed by atoms with Gasteiger partial charge < -0.3 is 5.73 Å². The minimum Gasteiger partial charge on any atom is -0.384 e. The molecule has 1 aromatic carbocycles.